The Kier molecular flexibility index (Phi) is 8.27. The molecule has 0 bridgehead atoms. The van der Waals surface area contributed by atoms with Crippen molar-refractivity contribution in [2.45, 2.75) is 70.6 Å². The summed E-state index contributed by atoms with van der Waals surface area (Å²) in [5.74, 6) is -0.567. The first kappa shape index (κ1) is 30.2. The highest BCUT2D eigenvalue weighted by Crippen LogP contribution is 2.44. The minimum Gasteiger partial charge on any atom is -0.496 e. The van der Waals surface area contributed by atoms with Crippen molar-refractivity contribution in [3.63, 3.8) is 0 Å². The third-order valence-electron chi connectivity index (χ3n) is 8.78. The Morgan fingerprint density at radius 2 is 1.98 bits per heavy atom. The molecule has 1 aromatic carbocycles. The van der Waals surface area contributed by atoms with Gasteiger partial charge >= 0.3 is 6.09 Å². The first-order valence-electron chi connectivity index (χ1n) is 14.8. The van der Waals surface area contributed by atoms with Gasteiger partial charge in [-0.1, -0.05) is 6.07 Å². The Hall–Kier alpha value is -4.27. The SMILES string of the molecule is COc1cccc2[nH]c(C(=O)N3CC4(CCN(C(=O)OC(C)(C)C)CC4)CC3C(=O)NC(C#N)CC3CCNC3=O)cc12. The fraction of sp³-hybridized carbons (Fsp3) is 0.581. The average molecular weight is 593 g/mol. The topological polar surface area (TPSA) is 157 Å². The van der Waals surface area contributed by atoms with E-state index in [1.165, 1.54) is 0 Å². The van der Waals surface area contributed by atoms with Crippen LogP contribution in [0.5, 0.6) is 5.75 Å². The van der Waals surface area contributed by atoms with E-state index in [-0.39, 0.29) is 35.7 Å². The van der Waals surface area contributed by atoms with Crippen LogP contribution in [0.3, 0.4) is 0 Å². The van der Waals surface area contributed by atoms with Crippen LogP contribution in [0, 0.1) is 22.7 Å². The van der Waals surface area contributed by atoms with E-state index >= 15 is 0 Å². The van der Waals surface area contributed by atoms with Crippen molar-refractivity contribution in [3.05, 3.63) is 30.0 Å². The van der Waals surface area contributed by atoms with Crippen molar-refractivity contribution >= 4 is 34.7 Å². The molecule has 3 fully saturated rings. The molecule has 3 N–H and O–H groups in total. The number of carbonyl (C=O) groups is 4. The molecule has 230 valence electrons. The van der Waals surface area contributed by atoms with Crippen LogP contribution in [0.25, 0.3) is 10.9 Å². The van der Waals surface area contributed by atoms with Gasteiger partial charge in [0.25, 0.3) is 5.91 Å². The number of piperidine rings is 1. The van der Waals surface area contributed by atoms with Gasteiger partial charge in [-0.05, 0) is 76.5 Å². The van der Waals surface area contributed by atoms with Crippen LogP contribution in [0.4, 0.5) is 4.79 Å². The maximum Gasteiger partial charge on any atom is 0.410 e. The number of methoxy groups -OCH3 is 1. The summed E-state index contributed by atoms with van der Waals surface area (Å²) >= 11 is 0. The van der Waals surface area contributed by atoms with E-state index in [0.29, 0.717) is 63.3 Å². The molecule has 3 saturated heterocycles. The summed E-state index contributed by atoms with van der Waals surface area (Å²) < 4.78 is 11.0. The van der Waals surface area contributed by atoms with Crippen molar-refractivity contribution in [3.8, 4) is 11.8 Å². The van der Waals surface area contributed by atoms with Gasteiger partial charge in [0.15, 0.2) is 0 Å². The van der Waals surface area contributed by atoms with Gasteiger partial charge < -0.3 is 34.9 Å². The van der Waals surface area contributed by atoms with Crippen molar-refractivity contribution in [1.29, 1.82) is 5.26 Å². The van der Waals surface area contributed by atoms with Crippen LogP contribution in [0.1, 0.15) is 63.4 Å². The minimum absolute atomic E-state index is 0.114. The van der Waals surface area contributed by atoms with Crippen molar-refractivity contribution in [1.82, 2.24) is 25.4 Å². The molecule has 1 aromatic heterocycles. The molecule has 3 aliphatic rings. The Morgan fingerprint density at radius 1 is 1.23 bits per heavy atom. The Labute approximate surface area is 251 Å². The number of nitrogens with zero attached hydrogens (tertiary/aromatic N) is 3. The molecular formula is C31H40N6O6. The predicted molar refractivity (Wildman–Crippen MR) is 157 cm³/mol. The largest absolute Gasteiger partial charge is 0.496 e. The number of nitrogens with one attached hydrogen (secondary N) is 3. The molecule has 12 heteroatoms. The van der Waals surface area contributed by atoms with Crippen molar-refractivity contribution < 1.29 is 28.7 Å². The lowest BCUT2D eigenvalue weighted by molar-refractivity contribution is -0.126. The number of likely N-dealkylation sites (tertiary alicyclic amines) is 2. The molecule has 2 aromatic rings. The van der Waals surface area contributed by atoms with Crippen molar-refractivity contribution in [2.75, 3.05) is 33.3 Å². The Morgan fingerprint density at radius 3 is 2.60 bits per heavy atom. The van der Waals surface area contributed by atoms with E-state index in [2.05, 4.69) is 21.7 Å². The second-order valence-corrected chi connectivity index (χ2v) is 12.9. The molecule has 5 rings (SSSR count). The number of nitriles is 1. The Balaban J connectivity index is 1.37. The quantitative estimate of drug-likeness (QED) is 0.466. The van der Waals surface area contributed by atoms with Crippen LogP contribution >= 0.6 is 0 Å². The van der Waals surface area contributed by atoms with Gasteiger partial charge in [0, 0.05) is 43.0 Å². The molecule has 3 unspecified atom stereocenters. The molecule has 4 heterocycles. The number of aromatic nitrogens is 1. The summed E-state index contributed by atoms with van der Waals surface area (Å²) in [6.45, 7) is 7.27. The number of aromatic amines is 1. The molecule has 0 saturated carbocycles. The zero-order valence-corrected chi connectivity index (χ0v) is 25.2. The van der Waals surface area contributed by atoms with Gasteiger partial charge in [0.2, 0.25) is 11.8 Å². The average Bonchev–Trinajstić information content (AvgIpc) is 3.68. The zero-order chi connectivity index (χ0) is 30.9. The van der Waals surface area contributed by atoms with Crippen LogP contribution in [0.15, 0.2) is 24.3 Å². The highest BCUT2D eigenvalue weighted by Gasteiger charge is 2.51. The van der Waals surface area contributed by atoms with Crippen LogP contribution in [-0.2, 0) is 14.3 Å². The lowest BCUT2D eigenvalue weighted by Gasteiger charge is -2.39. The summed E-state index contributed by atoms with van der Waals surface area (Å²) in [6, 6.07) is 7.68. The van der Waals surface area contributed by atoms with E-state index in [4.69, 9.17) is 9.47 Å². The van der Waals surface area contributed by atoms with Gasteiger partial charge in [-0.25, -0.2) is 4.79 Å². The molecule has 43 heavy (non-hydrogen) atoms. The van der Waals surface area contributed by atoms with Crippen LogP contribution < -0.4 is 15.4 Å². The van der Waals surface area contributed by atoms with Gasteiger partial charge in [-0.2, -0.15) is 5.26 Å². The van der Waals surface area contributed by atoms with Gasteiger partial charge in [-0.3, -0.25) is 14.4 Å². The summed E-state index contributed by atoms with van der Waals surface area (Å²) in [5.41, 5.74) is 0.0839. The number of H-pyrrole nitrogens is 1. The van der Waals surface area contributed by atoms with Gasteiger partial charge in [0.1, 0.15) is 29.1 Å². The van der Waals surface area contributed by atoms with E-state index in [9.17, 15) is 24.4 Å². The number of ether oxygens (including phenoxy) is 2. The normalized spacial score (nSPS) is 22.3. The molecular weight excluding hydrogens is 552 g/mol. The molecule has 4 amide bonds. The maximum atomic E-state index is 14.0. The second-order valence-electron chi connectivity index (χ2n) is 12.9. The van der Waals surface area contributed by atoms with Crippen molar-refractivity contribution in [2.24, 2.45) is 11.3 Å². The van der Waals surface area contributed by atoms with Crippen LogP contribution in [-0.4, -0.2) is 89.6 Å². The third-order valence-corrected chi connectivity index (χ3v) is 8.78. The molecule has 0 aliphatic carbocycles. The molecule has 12 nitrogen and oxygen atoms in total. The molecule has 1 spiro atoms. The first-order chi connectivity index (χ1) is 20.4. The Bertz CT molecular complexity index is 1450. The number of rotatable bonds is 6. The lowest BCUT2D eigenvalue weighted by atomic mass is 9.76. The second kappa shape index (κ2) is 11.8. The van der Waals surface area contributed by atoms with Crippen LogP contribution in [0.2, 0.25) is 0 Å². The number of fused-ring (bicyclic) bond motifs is 1. The zero-order valence-electron chi connectivity index (χ0n) is 25.2. The number of hydrogen-bond donors (Lipinski definition) is 3. The first-order valence-corrected chi connectivity index (χ1v) is 14.8. The summed E-state index contributed by atoms with van der Waals surface area (Å²) in [6.07, 6.45) is 2.06. The molecule has 0 radical (unpaired) electrons. The highest BCUT2D eigenvalue weighted by atomic mass is 16.6. The third kappa shape index (κ3) is 6.40. The smallest absolute Gasteiger partial charge is 0.410 e. The standard InChI is InChI=1S/C31H40N6O6/c1-30(2,3)43-29(41)36-12-9-31(10-13-36)16-24(27(39)34-20(17-32)14-19-8-11-33-26(19)38)37(18-31)28(40)23-15-21-22(35-23)6-5-7-25(21)42-4/h5-7,15,19-20,24,35H,8-14,16,18H2,1-4H3,(H,33,38)(H,34,39). The number of amides is 4. The molecule has 3 aliphatic heterocycles. The highest BCUT2D eigenvalue weighted by molar-refractivity contribution is 6.02. The fourth-order valence-electron chi connectivity index (χ4n) is 6.50. The number of hydrogen-bond acceptors (Lipinski definition) is 7. The number of benzene rings is 1. The number of carbonyl (C=O) groups excluding carboxylic acids is 4. The fourth-order valence-corrected chi connectivity index (χ4v) is 6.50. The summed E-state index contributed by atoms with van der Waals surface area (Å²) in [5, 5.41) is 16.2. The van der Waals surface area contributed by atoms with Gasteiger partial charge in [-0.15, -0.1) is 0 Å². The predicted octanol–water partition coefficient (Wildman–Crippen LogP) is 2.94. The summed E-state index contributed by atoms with van der Waals surface area (Å²) in [4.78, 5) is 59.1. The lowest BCUT2D eigenvalue weighted by Crippen LogP contribution is -2.49. The maximum absolute atomic E-state index is 14.0. The monoisotopic (exact) mass is 592 g/mol. The summed E-state index contributed by atoms with van der Waals surface area (Å²) in [7, 11) is 1.57. The molecule has 3 atom stereocenters. The van der Waals surface area contributed by atoms with E-state index < -0.39 is 23.6 Å². The van der Waals surface area contributed by atoms with Gasteiger partial charge in [0.05, 0.1) is 13.2 Å². The minimum atomic E-state index is -0.860. The van der Waals surface area contributed by atoms with E-state index in [0.717, 1.165) is 10.9 Å². The van der Waals surface area contributed by atoms with E-state index in [1.807, 2.05) is 39.0 Å². The van der Waals surface area contributed by atoms with E-state index in [1.54, 1.807) is 23.0 Å².